The Morgan fingerprint density at radius 2 is 1.76 bits per heavy atom. The standard InChI is InChI=1S/C24H33N5O5/c1-34-18-6-4-16(5-7-18)24(33)29-14-13-28(23(32)17-8-11-25-12-9-17)15-20(29)22(31)27-19-3-2-10-26-21(19)30/h4-7,17,19-20,25H,2-3,8-15H2,1H3,(H,26,30)(H,27,31)/t19-,20-/m1/s1. The highest BCUT2D eigenvalue weighted by Gasteiger charge is 2.40. The lowest BCUT2D eigenvalue weighted by Crippen LogP contribution is -2.64. The third-order valence-corrected chi connectivity index (χ3v) is 6.88. The van der Waals surface area contributed by atoms with Crippen molar-refractivity contribution in [2.75, 3.05) is 46.4 Å². The predicted octanol–water partition coefficient (Wildman–Crippen LogP) is -0.257. The average Bonchev–Trinajstić information content (AvgIpc) is 2.89. The summed E-state index contributed by atoms with van der Waals surface area (Å²) in [5.74, 6) is -0.321. The van der Waals surface area contributed by atoms with Crippen LogP contribution in [-0.4, -0.2) is 91.9 Å². The van der Waals surface area contributed by atoms with E-state index in [1.54, 1.807) is 36.3 Å². The molecular formula is C24H33N5O5. The summed E-state index contributed by atoms with van der Waals surface area (Å²) in [5, 5.41) is 8.85. The second-order valence-electron chi connectivity index (χ2n) is 9.05. The largest absolute Gasteiger partial charge is 0.497 e. The van der Waals surface area contributed by atoms with E-state index in [4.69, 9.17) is 4.74 Å². The smallest absolute Gasteiger partial charge is 0.254 e. The summed E-state index contributed by atoms with van der Waals surface area (Å²) in [7, 11) is 1.55. The molecule has 1 aromatic rings. The Morgan fingerprint density at radius 1 is 1.03 bits per heavy atom. The summed E-state index contributed by atoms with van der Waals surface area (Å²) in [6.45, 7) is 2.93. The minimum absolute atomic E-state index is 0.0336. The van der Waals surface area contributed by atoms with E-state index in [0.717, 1.165) is 32.4 Å². The fourth-order valence-corrected chi connectivity index (χ4v) is 4.85. The zero-order valence-electron chi connectivity index (χ0n) is 19.5. The maximum atomic E-state index is 13.4. The highest BCUT2D eigenvalue weighted by atomic mass is 16.5. The molecule has 4 rings (SSSR count). The molecule has 0 radical (unpaired) electrons. The van der Waals surface area contributed by atoms with E-state index in [1.807, 2.05) is 0 Å². The maximum absolute atomic E-state index is 13.4. The molecule has 3 aliphatic rings. The van der Waals surface area contributed by atoms with Crippen molar-refractivity contribution in [1.29, 1.82) is 0 Å². The van der Waals surface area contributed by atoms with Crippen LogP contribution in [0.2, 0.25) is 0 Å². The minimum atomic E-state index is -0.872. The highest BCUT2D eigenvalue weighted by molar-refractivity contribution is 5.99. The first-order valence-corrected chi connectivity index (χ1v) is 12.0. The number of hydrogen-bond donors (Lipinski definition) is 3. The van der Waals surface area contributed by atoms with Gasteiger partial charge >= 0.3 is 0 Å². The molecule has 0 aliphatic carbocycles. The second-order valence-corrected chi connectivity index (χ2v) is 9.05. The van der Waals surface area contributed by atoms with Gasteiger partial charge in [0.25, 0.3) is 5.91 Å². The van der Waals surface area contributed by atoms with Crippen molar-refractivity contribution in [2.45, 2.75) is 37.8 Å². The van der Waals surface area contributed by atoms with Gasteiger partial charge in [0.05, 0.1) is 13.7 Å². The van der Waals surface area contributed by atoms with Crippen LogP contribution >= 0.6 is 0 Å². The third kappa shape index (κ3) is 5.32. The van der Waals surface area contributed by atoms with Crippen LogP contribution in [0.3, 0.4) is 0 Å². The van der Waals surface area contributed by atoms with Crippen molar-refractivity contribution >= 4 is 23.6 Å². The molecule has 3 fully saturated rings. The zero-order valence-corrected chi connectivity index (χ0v) is 19.5. The van der Waals surface area contributed by atoms with Crippen molar-refractivity contribution in [1.82, 2.24) is 25.8 Å². The van der Waals surface area contributed by atoms with Crippen molar-refractivity contribution in [2.24, 2.45) is 5.92 Å². The average molecular weight is 472 g/mol. The first-order valence-electron chi connectivity index (χ1n) is 12.0. The molecule has 184 valence electrons. The van der Waals surface area contributed by atoms with Gasteiger partial charge in [-0.1, -0.05) is 0 Å². The normalized spacial score (nSPS) is 23.7. The van der Waals surface area contributed by atoms with Gasteiger partial charge < -0.3 is 30.5 Å². The van der Waals surface area contributed by atoms with E-state index in [-0.39, 0.29) is 36.7 Å². The second kappa shape index (κ2) is 10.9. The van der Waals surface area contributed by atoms with Crippen molar-refractivity contribution in [3.8, 4) is 5.75 Å². The van der Waals surface area contributed by atoms with Crippen LogP contribution < -0.4 is 20.7 Å². The Morgan fingerprint density at radius 3 is 2.44 bits per heavy atom. The van der Waals surface area contributed by atoms with Crippen LogP contribution in [0, 0.1) is 5.92 Å². The topological polar surface area (TPSA) is 120 Å². The van der Waals surface area contributed by atoms with E-state index < -0.39 is 18.0 Å². The van der Waals surface area contributed by atoms with Gasteiger partial charge in [-0.2, -0.15) is 0 Å². The van der Waals surface area contributed by atoms with E-state index in [2.05, 4.69) is 16.0 Å². The van der Waals surface area contributed by atoms with Crippen molar-refractivity contribution in [3.05, 3.63) is 29.8 Å². The lowest BCUT2D eigenvalue weighted by Gasteiger charge is -2.42. The summed E-state index contributed by atoms with van der Waals surface area (Å²) in [4.78, 5) is 55.3. The number of amides is 4. The van der Waals surface area contributed by atoms with E-state index in [1.165, 1.54) is 4.90 Å². The van der Waals surface area contributed by atoms with Gasteiger partial charge in [-0.3, -0.25) is 19.2 Å². The van der Waals surface area contributed by atoms with Gasteiger partial charge in [0.1, 0.15) is 17.8 Å². The van der Waals surface area contributed by atoms with Gasteiger partial charge in [-0.05, 0) is 63.0 Å². The molecule has 1 aromatic carbocycles. The van der Waals surface area contributed by atoms with Crippen LogP contribution in [0.1, 0.15) is 36.0 Å². The fourth-order valence-electron chi connectivity index (χ4n) is 4.85. The predicted molar refractivity (Wildman–Crippen MR) is 124 cm³/mol. The fraction of sp³-hybridized carbons (Fsp3) is 0.583. The number of hydrogen-bond acceptors (Lipinski definition) is 6. The molecule has 3 saturated heterocycles. The van der Waals surface area contributed by atoms with Gasteiger partial charge in [0.15, 0.2) is 0 Å². The van der Waals surface area contributed by atoms with Gasteiger partial charge in [0.2, 0.25) is 17.7 Å². The van der Waals surface area contributed by atoms with Crippen LogP contribution in [0.4, 0.5) is 0 Å². The number of piperazine rings is 1. The number of carbonyl (C=O) groups is 4. The van der Waals surface area contributed by atoms with Crippen molar-refractivity contribution in [3.63, 3.8) is 0 Å². The number of piperidine rings is 2. The summed E-state index contributed by atoms with van der Waals surface area (Å²) in [5.41, 5.74) is 0.437. The first kappa shape index (κ1) is 24.0. The van der Waals surface area contributed by atoms with Gasteiger partial charge in [-0.15, -0.1) is 0 Å². The van der Waals surface area contributed by atoms with E-state index in [9.17, 15) is 19.2 Å². The van der Waals surface area contributed by atoms with Crippen LogP contribution in [0.5, 0.6) is 5.75 Å². The lowest BCUT2D eigenvalue weighted by molar-refractivity contribution is -0.142. The van der Waals surface area contributed by atoms with E-state index in [0.29, 0.717) is 30.8 Å². The molecule has 3 heterocycles. The quantitative estimate of drug-likeness (QED) is 0.545. The number of carbonyl (C=O) groups excluding carboxylic acids is 4. The molecular weight excluding hydrogens is 438 g/mol. The highest BCUT2D eigenvalue weighted by Crippen LogP contribution is 2.21. The molecule has 0 spiro atoms. The summed E-state index contributed by atoms with van der Waals surface area (Å²) < 4.78 is 5.17. The Balaban J connectivity index is 1.52. The molecule has 4 amide bonds. The first-order chi connectivity index (χ1) is 16.5. The third-order valence-electron chi connectivity index (χ3n) is 6.88. The Labute approximate surface area is 199 Å². The molecule has 10 heteroatoms. The molecule has 10 nitrogen and oxygen atoms in total. The number of methoxy groups -OCH3 is 1. The number of ether oxygens (including phenoxy) is 1. The molecule has 0 bridgehead atoms. The molecule has 0 saturated carbocycles. The molecule has 3 aliphatic heterocycles. The molecule has 2 atom stereocenters. The number of nitrogens with zero attached hydrogens (tertiary/aromatic N) is 2. The van der Waals surface area contributed by atoms with Crippen LogP contribution in [-0.2, 0) is 14.4 Å². The van der Waals surface area contributed by atoms with Gasteiger partial charge in [-0.25, -0.2) is 0 Å². The molecule has 0 unspecified atom stereocenters. The molecule has 34 heavy (non-hydrogen) atoms. The number of benzene rings is 1. The Kier molecular flexibility index (Phi) is 7.66. The minimum Gasteiger partial charge on any atom is -0.497 e. The Bertz CT molecular complexity index is 915. The summed E-state index contributed by atoms with van der Waals surface area (Å²) in [6, 6.07) is 5.23. The van der Waals surface area contributed by atoms with Crippen LogP contribution in [0.25, 0.3) is 0 Å². The summed E-state index contributed by atoms with van der Waals surface area (Å²) >= 11 is 0. The monoisotopic (exact) mass is 471 g/mol. The van der Waals surface area contributed by atoms with Gasteiger partial charge in [0, 0.05) is 31.1 Å². The SMILES string of the molecule is COc1ccc(C(=O)N2CCN(C(=O)C3CCNCC3)C[C@@H]2C(=O)N[C@@H]2CCCNC2=O)cc1. The Hall–Kier alpha value is -3.14. The van der Waals surface area contributed by atoms with Crippen molar-refractivity contribution < 1.29 is 23.9 Å². The zero-order chi connectivity index (χ0) is 24.1. The number of rotatable bonds is 5. The molecule has 3 N–H and O–H groups in total. The van der Waals surface area contributed by atoms with Crippen LogP contribution in [0.15, 0.2) is 24.3 Å². The van der Waals surface area contributed by atoms with E-state index >= 15 is 0 Å². The lowest BCUT2D eigenvalue weighted by atomic mass is 9.95. The number of nitrogens with one attached hydrogen (secondary N) is 3. The maximum Gasteiger partial charge on any atom is 0.254 e. The molecule has 0 aromatic heterocycles. The summed E-state index contributed by atoms with van der Waals surface area (Å²) in [6.07, 6.45) is 2.86.